The number of allylic oxidation sites excluding steroid dienone is 1. The zero-order chi connectivity index (χ0) is 33.6. The molecule has 256 valence electrons. The van der Waals surface area contributed by atoms with Crippen LogP contribution in [0.5, 0.6) is 0 Å². The molecule has 0 saturated heterocycles. The van der Waals surface area contributed by atoms with Crippen LogP contribution in [0.4, 0.5) is 4.79 Å². The quantitative estimate of drug-likeness (QED) is 0.159. The zero-order valence-electron chi connectivity index (χ0n) is 27.6. The van der Waals surface area contributed by atoms with E-state index in [4.69, 9.17) is 28.4 Å². The minimum absolute atomic E-state index is 0.0800. The van der Waals surface area contributed by atoms with Gasteiger partial charge in [0.1, 0.15) is 19.3 Å². The van der Waals surface area contributed by atoms with Crippen LogP contribution in [-0.2, 0) is 52.4 Å². The maximum absolute atomic E-state index is 12.6. The topological polar surface area (TPSA) is 158 Å². The fourth-order valence-electron chi connectivity index (χ4n) is 8.47. The summed E-state index contributed by atoms with van der Waals surface area (Å²) in [4.78, 5) is 71.5. The molecule has 0 N–H and O–H groups in total. The third kappa shape index (κ3) is 8.47. The fourth-order valence-corrected chi connectivity index (χ4v) is 8.47. The Balaban J connectivity index is 1.18. The van der Waals surface area contributed by atoms with Gasteiger partial charge in [0.15, 0.2) is 11.9 Å². The fraction of sp³-hybridized carbons (Fsp3) is 0.765. The van der Waals surface area contributed by atoms with Gasteiger partial charge < -0.3 is 28.4 Å². The number of carbonyl (C=O) groups is 6. The minimum Gasteiger partial charge on any atom is -0.462 e. The van der Waals surface area contributed by atoms with Crippen molar-refractivity contribution < 1.29 is 57.2 Å². The average Bonchev–Trinajstić information content (AvgIpc) is 3.30. The predicted molar refractivity (Wildman–Crippen MR) is 161 cm³/mol. The number of hydrogen-bond acceptors (Lipinski definition) is 12. The van der Waals surface area contributed by atoms with E-state index in [2.05, 4.69) is 13.8 Å². The lowest BCUT2D eigenvalue weighted by atomic mass is 9.47. The average molecular weight is 649 g/mol. The van der Waals surface area contributed by atoms with Crippen LogP contribution in [0.15, 0.2) is 11.6 Å². The van der Waals surface area contributed by atoms with E-state index >= 15 is 0 Å². The molecule has 0 amide bonds. The molecular formula is C34H48O12. The van der Waals surface area contributed by atoms with Crippen molar-refractivity contribution in [3.8, 4) is 0 Å². The highest BCUT2D eigenvalue weighted by molar-refractivity contribution is 5.91. The van der Waals surface area contributed by atoms with E-state index in [0.717, 1.165) is 44.9 Å². The molecule has 0 heterocycles. The van der Waals surface area contributed by atoms with Crippen molar-refractivity contribution in [2.24, 2.45) is 34.5 Å². The first-order valence-electron chi connectivity index (χ1n) is 16.4. The van der Waals surface area contributed by atoms with E-state index < -0.39 is 48.8 Å². The zero-order valence-corrected chi connectivity index (χ0v) is 27.6. The van der Waals surface area contributed by atoms with E-state index in [1.165, 1.54) is 19.4 Å². The number of ketones is 1. The molecule has 0 radical (unpaired) electrons. The Morgan fingerprint density at radius 2 is 1.50 bits per heavy atom. The number of rotatable bonds is 12. The lowest BCUT2D eigenvalue weighted by Gasteiger charge is -2.57. The maximum Gasteiger partial charge on any atom is 0.511 e. The number of esters is 4. The first-order chi connectivity index (χ1) is 21.7. The Hall–Kier alpha value is -3.44. The van der Waals surface area contributed by atoms with Crippen LogP contribution in [0, 0.1) is 34.5 Å². The smallest absolute Gasteiger partial charge is 0.462 e. The molecule has 0 aromatic heterocycles. The van der Waals surface area contributed by atoms with E-state index in [0.29, 0.717) is 24.2 Å². The van der Waals surface area contributed by atoms with Crippen molar-refractivity contribution in [1.29, 1.82) is 0 Å². The molecule has 0 spiro atoms. The molecule has 0 aromatic rings. The summed E-state index contributed by atoms with van der Waals surface area (Å²) in [5.41, 5.74) is 1.25. The molecule has 0 aliphatic heterocycles. The van der Waals surface area contributed by atoms with Crippen LogP contribution in [0.2, 0.25) is 0 Å². The van der Waals surface area contributed by atoms with E-state index in [-0.39, 0.29) is 48.8 Å². The molecular weight excluding hydrogens is 600 g/mol. The summed E-state index contributed by atoms with van der Waals surface area (Å²) in [6, 6.07) is 0. The molecule has 0 bridgehead atoms. The molecule has 4 aliphatic carbocycles. The van der Waals surface area contributed by atoms with E-state index in [1.807, 2.05) is 6.08 Å². The second kappa shape index (κ2) is 15.0. The van der Waals surface area contributed by atoms with Crippen LogP contribution < -0.4 is 0 Å². The Morgan fingerprint density at radius 3 is 2.17 bits per heavy atom. The Labute approximate surface area is 270 Å². The number of fused-ring (bicyclic) bond motifs is 5. The predicted octanol–water partition coefficient (Wildman–Crippen LogP) is 5.00. The molecule has 5 unspecified atom stereocenters. The number of carbonyl (C=O) groups excluding carboxylic acids is 6. The lowest BCUT2D eigenvalue weighted by molar-refractivity contribution is -0.166. The van der Waals surface area contributed by atoms with Crippen molar-refractivity contribution in [2.45, 2.75) is 111 Å². The number of ether oxygens (including phenoxy) is 6. The van der Waals surface area contributed by atoms with Crippen molar-refractivity contribution in [3.63, 3.8) is 0 Å². The molecule has 7 atom stereocenters. The molecule has 46 heavy (non-hydrogen) atoms. The summed E-state index contributed by atoms with van der Waals surface area (Å²) in [5, 5.41) is 0. The summed E-state index contributed by atoms with van der Waals surface area (Å²) in [5.74, 6) is -1.21. The first kappa shape index (κ1) is 35.4. The highest BCUT2D eigenvalue weighted by Crippen LogP contribution is 2.65. The van der Waals surface area contributed by atoms with Crippen LogP contribution in [-0.4, -0.2) is 68.0 Å². The van der Waals surface area contributed by atoms with Crippen LogP contribution in [0.1, 0.15) is 98.8 Å². The van der Waals surface area contributed by atoms with Gasteiger partial charge in [0.25, 0.3) is 0 Å². The molecule has 3 fully saturated rings. The van der Waals surface area contributed by atoms with Gasteiger partial charge in [0.05, 0.1) is 0 Å². The highest BCUT2D eigenvalue weighted by atomic mass is 16.8. The molecule has 4 aliphatic rings. The van der Waals surface area contributed by atoms with Gasteiger partial charge in [-0.15, -0.1) is 0 Å². The van der Waals surface area contributed by atoms with Gasteiger partial charge in [-0.05, 0) is 80.1 Å². The molecule has 12 nitrogen and oxygen atoms in total. The molecule has 4 rings (SSSR count). The minimum atomic E-state index is -0.980. The van der Waals surface area contributed by atoms with Gasteiger partial charge in [0.2, 0.25) is 6.79 Å². The van der Waals surface area contributed by atoms with Gasteiger partial charge in [-0.1, -0.05) is 26.3 Å². The third-order valence-electron chi connectivity index (χ3n) is 10.8. The Morgan fingerprint density at radius 1 is 0.826 bits per heavy atom. The Bertz CT molecular complexity index is 1210. The standard InChI is InChI=1S/C34H48O12/c1-20(15-31(39)45-25(17-41-21(2)35)18-42-22(3)36)14-30(38)43-19-44-32(40)46-29-9-8-27-26-7-6-23-16-24(37)10-12-33(23,4)28(26)11-13-34(27,29)5/h16,20,25-29H,6-15,17-19H2,1-5H3/t20?,26?,27-,28-,29?,33?,34?/m0/s1. The summed E-state index contributed by atoms with van der Waals surface area (Å²) in [7, 11) is 0. The summed E-state index contributed by atoms with van der Waals surface area (Å²) in [6.07, 6.45) is 6.77. The second-order valence-corrected chi connectivity index (χ2v) is 14.0. The van der Waals surface area contributed by atoms with Crippen molar-refractivity contribution >= 4 is 35.8 Å². The SMILES string of the molecule is CC(=O)OCC(COC(C)=O)OC(=O)CC(C)CC(=O)OCOC(=O)OC1CC[C@H]2C3CCC4=CC(=O)CCC4(C)[C@H]3CCC12C. The van der Waals surface area contributed by atoms with Crippen LogP contribution in [0.25, 0.3) is 0 Å². The largest absolute Gasteiger partial charge is 0.511 e. The third-order valence-corrected chi connectivity index (χ3v) is 10.8. The summed E-state index contributed by atoms with van der Waals surface area (Å²) < 4.78 is 30.9. The van der Waals surface area contributed by atoms with Gasteiger partial charge in [0, 0.05) is 38.5 Å². The number of hydrogen-bond donors (Lipinski definition) is 0. The summed E-state index contributed by atoms with van der Waals surface area (Å²) >= 11 is 0. The molecule has 12 heteroatoms. The first-order valence-corrected chi connectivity index (χ1v) is 16.4. The molecule has 0 aromatic carbocycles. The highest BCUT2D eigenvalue weighted by Gasteiger charge is 2.60. The van der Waals surface area contributed by atoms with Crippen molar-refractivity contribution in [2.75, 3.05) is 20.0 Å². The van der Waals surface area contributed by atoms with Crippen LogP contribution >= 0.6 is 0 Å². The normalized spacial score (nSPS) is 30.5. The second-order valence-electron chi connectivity index (χ2n) is 14.0. The maximum atomic E-state index is 12.6. The van der Waals surface area contributed by atoms with Gasteiger partial charge in [-0.3, -0.25) is 24.0 Å². The van der Waals surface area contributed by atoms with Gasteiger partial charge in [-0.2, -0.15) is 0 Å². The van der Waals surface area contributed by atoms with Crippen molar-refractivity contribution in [1.82, 2.24) is 0 Å². The van der Waals surface area contributed by atoms with Gasteiger partial charge in [-0.25, -0.2) is 4.79 Å². The monoisotopic (exact) mass is 648 g/mol. The van der Waals surface area contributed by atoms with Crippen molar-refractivity contribution in [3.05, 3.63) is 11.6 Å². The Kier molecular flexibility index (Phi) is 11.5. The van der Waals surface area contributed by atoms with Gasteiger partial charge >= 0.3 is 30.0 Å². The van der Waals surface area contributed by atoms with E-state index in [9.17, 15) is 28.8 Å². The molecule has 3 saturated carbocycles. The van der Waals surface area contributed by atoms with Crippen LogP contribution in [0.3, 0.4) is 0 Å². The van der Waals surface area contributed by atoms with E-state index in [1.54, 1.807) is 6.92 Å². The lowest BCUT2D eigenvalue weighted by Crippen LogP contribution is -2.51. The summed E-state index contributed by atoms with van der Waals surface area (Å²) in [6.45, 7) is 7.45.